The first-order valence-electron chi connectivity index (χ1n) is 14.4. The second kappa shape index (κ2) is 9.39. The van der Waals surface area contributed by atoms with Crippen molar-refractivity contribution >= 4 is 38.6 Å². The number of aromatic nitrogens is 2. The molecule has 0 N–H and O–H groups in total. The summed E-state index contributed by atoms with van der Waals surface area (Å²) in [5.74, 6) is 0. The van der Waals surface area contributed by atoms with Crippen LogP contribution in [0.1, 0.15) is 25.0 Å². The minimum Gasteiger partial charge on any atom is -0.307 e. The highest BCUT2D eigenvalue weighted by atomic mass is 15.2. The van der Waals surface area contributed by atoms with Gasteiger partial charge in [-0.3, -0.25) is 9.97 Å². The summed E-state index contributed by atoms with van der Waals surface area (Å²) < 4.78 is 0. The summed E-state index contributed by atoms with van der Waals surface area (Å²) in [4.78, 5) is 11.6. The van der Waals surface area contributed by atoms with E-state index >= 15 is 0 Å². The Morgan fingerprint density at radius 1 is 0.476 bits per heavy atom. The summed E-state index contributed by atoms with van der Waals surface area (Å²) in [5.41, 5.74) is 10.4. The summed E-state index contributed by atoms with van der Waals surface area (Å²) in [6, 6.07) is 41.7. The Hall–Kier alpha value is -5.28. The molecule has 0 saturated heterocycles. The topological polar surface area (TPSA) is 29.0 Å². The van der Waals surface area contributed by atoms with Crippen molar-refractivity contribution in [3.8, 4) is 22.3 Å². The van der Waals surface area contributed by atoms with Crippen LogP contribution in [0.3, 0.4) is 0 Å². The van der Waals surface area contributed by atoms with Crippen molar-refractivity contribution in [3.63, 3.8) is 0 Å². The van der Waals surface area contributed by atoms with Gasteiger partial charge in [-0.1, -0.05) is 117 Å². The second-order valence-electron chi connectivity index (χ2n) is 11.5. The predicted octanol–water partition coefficient (Wildman–Crippen LogP) is 10.2. The highest BCUT2D eigenvalue weighted by Crippen LogP contribution is 2.58. The predicted molar refractivity (Wildman–Crippen MR) is 175 cm³/mol. The van der Waals surface area contributed by atoms with E-state index in [-0.39, 0.29) is 5.41 Å². The largest absolute Gasteiger partial charge is 0.307 e. The van der Waals surface area contributed by atoms with E-state index in [4.69, 9.17) is 0 Å². The van der Waals surface area contributed by atoms with Gasteiger partial charge in [0, 0.05) is 63.2 Å². The van der Waals surface area contributed by atoms with Crippen LogP contribution in [0.25, 0.3) is 43.8 Å². The highest BCUT2D eigenvalue weighted by molar-refractivity contribution is 6.12. The van der Waals surface area contributed by atoms with E-state index in [1.54, 1.807) is 0 Å². The summed E-state index contributed by atoms with van der Waals surface area (Å²) in [6.45, 7) is 4.72. The van der Waals surface area contributed by atoms with E-state index in [9.17, 15) is 0 Å². The highest BCUT2D eigenvalue weighted by Gasteiger charge is 2.40. The number of pyridine rings is 2. The number of benzene rings is 5. The van der Waals surface area contributed by atoms with Crippen LogP contribution >= 0.6 is 0 Å². The first-order valence-corrected chi connectivity index (χ1v) is 14.4. The Kier molecular flexibility index (Phi) is 5.48. The van der Waals surface area contributed by atoms with Gasteiger partial charge in [-0.25, -0.2) is 0 Å². The molecule has 7 aromatic rings. The lowest BCUT2D eigenvalue weighted by Crippen LogP contribution is -2.31. The molecule has 0 amide bonds. The van der Waals surface area contributed by atoms with Crippen LogP contribution in [-0.4, -0.2) is 9.97 Å². The van der Waals surface area contributed by atoms with Gasteiger partial charge in [-0.15, -0.1) is 0 Å². The number of rotatable bonds is 3. The number of fused-ring (bicyclic) bond motifs is 6. The monoisotopic (exact) mass is 539 g/mol. The number of para-hydroxylation sites is 1. The molecule has 8 rings (SSSR count). The van der Waals surface area contributed by atoms with Crippen molar-refractivity contribution in [1.82, 2.24) is 9.97 Å². The zero-order chi connectivity index (χ0) is 28.3. The van der Waals surface area contributed by atoms with Crippen molar-refractivity contribution in [2.45, 2.75) is 19.3 Å². The molecule has 2 aromatic heterocycles. The van der Waals surface area contributed by atoms with E-state index in [1.807, 2.05) is 36.9 Å². The molecule has 42 heavy (non-hydrogen) atoms. The smallest absolute Gasteiger partial charge is 0.0620 e. The Morgan fingerprint density at radius 3 is 1.45 bits per heavy atom. The van der Waals surface area contributed by atoms with Crippen LogP contribution in [0.4, 0.5) is 17.1 Å². The van der Waals surface area contributed by atoms with Crippen LogP contribution in [0.5, 0.6) is 0 Å². The van der Waals surface area contributed by atoms with Crippen molar-refractivity contribution in [2.24, 2.45) is 0 Å². The molecule has 0 radical (unpaired) electrons. The van der Waals surface area contributed by atoms with Crippen LogP contribution in [0.2, 0.25) is 0 Å². The molecule has 0 aliphatic carbocycles. The number of hydrogen-bond donors (Lipinski definition) is 0. The molecular weight excluding hydrogens is 510 g/mol. The van der Waals surface area contributed by atoms with Gasteiger partial charge in [0.15, 0.2) is 0 Å². The Labute approximate surface area is 245 Å². The Bertz CT molecular complexity index is 1970. The molecular formula is C39H29N3. The van der Waals surface area contributed by atoms with Crippen molar-refractivity contribution in [3.05, 3.63) is 151 Å². The average molecular weight is 540 g/mol. The van der Waals surface area contributed by atoms with E-state index in [1.165, 1.54) is 44.0 Å². The van der Waals surface area contributed by atoms with E-state index in [0.717, 1.165) is 27.9 Å². The molecule has 3 nitrogen and oxygen atoms in total. The summed E-state index contributed by atoms with van der Waals surface area (Å²) in [6.07, 6.45) is 7.61. The average Bonchev–Trinajstić information content (AvgIpc) is 3.05. The fraction of sp³-hybridized carbons (Fsp3) is 0.0769. The third kappa shape index (κ3) is 3.60. The molecule has 0 spiro atoms. The van der Waals surface area contributed by atoms with Crippen LogP contribution in [-0.2, 0) is 5.41 Å². The first-order chi connectivity index (χ1) is 20.6. The standard InChI is InChI=1S/C39H29N3/c1-39(2)34-20-18-26-10-3-5-14-30(26)37(34)42(38-31-15-6-4-11-27(31)19-21-35(38)39)36-32(28-12-8-22-40-24-28)16-7-17-33(36)29-13-9-23-41-25-29/h3-25H,1-2H3. The van der Waals surface area contributed by atoms with Crippen molar-refractivity contribution in [2.75, 3.05) is 4.90 Å². The van der Waals surface area contributed by atoms with Gasteiger partial charge in [0.05, 0.1) is 17.1 Å². The molecule has 1 aliphatic heterocycles. The molecule has 1 aliphatic rings. The molecule has 0 bridgehead atoms. The molecule has 200 valence electrons. The molecule has 0 fully saturated rings. The maximum absolute atomic E-state index is 4.53. The minimum absolute atomic E-state index is 0.215. The second-order valence-corrected chi connectivity index (χ2v) is 11.5. The van der Waals surface area contributed by atoms with Crippen LogP contribution in [0.15, 0.2) is 140 Å². The summed E-state index contributed by atoms with van der Waals surface area (Å²) >= 11 is 0. The zero-order valence-electron chi connectivity index (χ0n) is 23.6. The Morgan fingerprint density at radius 2 is 0.976 bits per heavy atom. The van der Waals surface area contributed by atoms with Gasteiger partial charge in [-0.05, 0) is 34.0 Å². The molecule has 0 saturated carbocycles. The molecule has 3 heterocycles. The van der Waals surface area contributed by atoms with E-state index in [2.05, 4.69) is 132 Å². The summed E-state index contributed by atoms with van der Waals surface area (Å²) in [7, 11) is 0. The van der Waals surface area contributed by atoms with Gasteiger partial charge in [-0.2, -0.15) is 0 Å². The third-order valence-corrected chi connectivity index (χ3v) is 8.80. The maximum Gasteiger partial charge on any atom is 0.0620 e. The fourth-order valence-electron chi connectivity index (χ4n) is 6.78. The first kappa shape index (κ1) is 24.5. The maximum atomic E-state index is 4.53. The van der Waals surface area contributed by atoms with Gasteiger partial charge in [0.25, 0.3) is 0 Å². The fourth-order valence-corrected chi connectivity index (χ4v) is 6.78. The van der Waals surface area contributed by atoms with Gasteiger partial charge < -0.3 is 4.90 Å². The van der Waals surface area contributed by atoms with Gasteiger partial charge in [0.1, 0.15) is 0 Å². The lowest BCUT2D eigenvalue weighted by atomic mass is 9.71. The molecule has 5 aromatic carbocycles. The normalized spacial score (nSPS) is 13.6. The van der Waals surface area contributed by atoms with E-state index < -0.39 is 0 Å². The molecule has 0 atom stereocenters. The van der Waals surface area contributed by atoms with Gasteiger partial charge in [0.2, 0.25) is 0 Å². The van der Waals surface area contributed by atoms with E-state index in [0.29, 0.717) is 0 Å². The SMILES string of the molecule is CC1(C)c2ccc3ccccc3c2N(c2c(-c3cccnc3)cccc2-c2cccnc2)c2c1ccc1ccccc21. The van der Waals surface area contributed by atoms with Crippen molar-refractivity contribution < 1.29 is 0 Å². The molecule has 0 unspecified atom stereocenters. The summed E-state index contributed by atoms with van der Waals surface area (Å²) in [5, 5.41) is 4.92. The van der Waals surface area contributed by atoms with Crippen molar-refractivity contribution in [1.29, 1.82) is 0 Å². The lowest BCUT2D eigenvalue weighted by Gasteiger charge is -2.44. The number of anilines is 3. The quantitative estimate of drug-likeness (QED) is 0.224. The third-order valence-electron chi connectivity index (χ3n) is 8.80. The number of nitrogens with zero attached hydrogens (tertiary/aromatic N) is 3. The van der Waals surface area contributed by atoms with Gasteiger partial charge >= 0.3 is 0 Å². The molecule has 3 heteroatoms. The lowest BCUT2D eigenvalue weighted by molar-refractivity contribution is 0.634. The zero-order valence-corrected chi connectivity index (χ0v) is 23.6. The Balaban J connectivity index is 1.60. The van der Waals surface area contributed by atoms with Crippen LogP contribution < -0.4 is 4.90 Å². The van der Waals surface area contributed by atoms with Crippen LogP contribution in [0, 0.1) is 0 Å². The minimum atomic E-state index is -0.215. The number of hydrogen-bond acceptors (Lipinski definition) is 3.